The highest BCUT2D eigenvalue weighted by Gasteiger charge is 2.24. The van der Waals surface area contributed by atoms with Crippen molar-refractivity contribution in [3.05, 3.63) is 11.1 Å². The van der Waals surface area contributed by atoms with E-state index in [0.29, 0.717) is 6.54 Å². The first-order valence-electron chi connectivity index (χ1n) is 3.29. The van der Waals surface area contributed by atoms with Crippen molar-refractivity contribution in [1.82, 2.24) is 4.90 Å². The third-order valence-electron chi connectivity index (χ3n) is 1.66. The van der Waals surface area contributed by atoms with Gasteiger partial charge in [-0.25, -0.2) is 0 Å². The molecular weight excluding hydrogens is 217 g/mol. The molecule has 70 valence electrons. The highest BCUT2D eigenvalue weighted by atomic mass is 35.5. The fourth-order valence-electron chi connectivity index (χ4n) is 1.14. The van der Waals surface area contributed by atoms with Gasteiger partial charge in [-0.3, -0.25) is 4.99 Å². The molecule has 2 aliphatic rings. The van der Waals surface area contributed by atoms with Gasteiger partial charge in [0.2, 0.25) is 0 Å². The summed E-state index contributed by atoms with van der Waals surface area (Å²) in [6, 6.07) is 0. The van der Waals surface area contributed by atoms with Gasteiger partial charge in [0.05, 0.1) is 6.54 Å². The summed E-state index contributed by atoms with van der Waals surface area (Å²) in [6.07, 6.45) is 0. The first kappa shape index (κ1) is 12.1. The van der Waals surface area contributed by atoms with Crippen LogP contribution in [0.4, 0.5) is 0 Å². The van der Waals surface area contributed by atoms with Crippen molar-refractivity contribution in [2.75, 3.05) is 19.6 Å². The van der Waals surface area contributed by atoms with Gasteiger partial charge in [0, 0.05) is 18.8 Å². The van der Waals surface area contributed by atoms with Crippen molar-refractivity contribution in [3.8, 4) is 0 Å². The molecule has 0 aromatic heterocycles. The normalized spacial score (nSPS) is 18.9. The third-order valence-corrected chi connectivity index (χ3v) is 2.61. The minimum Gasteiger partial charge on any atom is -0.325 e. The number of hydrogen-bond acceptors (Lipinski definition) is 4. The zero-order valence-electron chi connectivity index (χ0n) is 6.40. The van der Waals surface area contributed by atoms with Crippen LogP contribution in [0.25, 0.3) is 0 Å². The molecule has 6 heteroatoms. The summed E-state index contributed by atoms with van der Waals surface area (Å²) in [4.78, 5) is 6.48. The van der Waals surface area contributed by atoms with Gasteiger partial charge in [-0.2, -0.15) is 0 Å². The first-order chi connectivity index (χ1) is 4.92. The number of rotatable bonds is 1. The van der Waals surface area contributed by atoms with E-state index in [1.165, 1.54) is 5.70 Å². The Labute approximate surface area is 88.3 Å². The highest BCUT2D eigenvalue weighted by molar-refractivity contribution is 8.16. The molecule has 0 atom stereocenters. The van der Waals surface area contributed by atoms with Gasteiger partial charge < -0.3 is 10.6 Å². The van der Waals surface area contributed by atoms with Crippen molar-refractivity contribution >= 4 is 41.7 Å². The van der Waals surface area contributed by atoms with Crippen LogP contribution < -0.4 is 5.73 Å². The molecule has 0 aliphatic carbocycles. The van der Waals surface area contributed by atoms with Crippen molar-refractivity contribution in [3.63, 3.8) is 0 Å². The lowest BCUT2D eigenvalue weighted by Gasteiger charge is -2.13. The Bertz CT molecular complexity index is 217. The van der Waals surface area contributed by atoms with E-state index in [9.17, 15) is 0 Å². The fourth-order valence-corrected chi connectivity index (χ4v) is 2.10. The van der Waals surface area contributed by atoms with E-state index in [-0.39, 0.29) is 24.8 Å². The molecule has 0 saturated carbocycles. The van der Waals surface area contributed by atoms with Crippen LogP contribution in [0, 0.1) is 0 Å². The quantitative estimate of drug-likeness (QED) is 0.729. The summed E-state index contributed by atoms with van der Waals surface area (Å²) in [7, 11) is 0. The largest absolute Gasteiger partial charge is 0.325 e. The summed E-state index contributed by atoms with van der Waals surface area (Å²) < 4.78 is 0. The van der Waals surface area contributed by atoms with Crippen molar-refractivity contribution in [2.45, 2.75) is 0 Å². The SMILES string of the molecule is Cl.Cl.NCC1=CSC2=NCCN12. The number of halogens is 2. The van der Waals surface area contributed by atoms with E-state index in [0.717, 1.165) is 18.3 Å². The molecule has 0 saturated heterocycles. The number of fused-ring (bicyclic) bond motifs is 1. The van der Waals surface area contributed by atoms with E-state index in [1.807, 2.05) is 0 Å². The lowest BCUT2D eigenvalue weighted by molar-refractivity contribution is 0.564. The minimum atomic E-state index is 0. The van der Waals surface area contributed by atoms with E-state index in [1.54, 1.807) is 11.8 Å². The van der Waals surface area contributed by atoms with Crippen LogP contribution >= 0.6 is 36.6 Å². The predicted molar refractivity (Wildman–Crippen MR) is 58.2 cm³/mol. The molecule has 12 heavy (non-hydrogen) atoms. The lowest BCUT2D eigenvalue weighted by Crippen LogP contribution is -2.25. The predicted octanol–water partition coefficient (Wildman–Crippen LogP) is 1.05. The smallest absolute Gasteiger partial charge is 0.168 e. The van der Waals surface area contributed by atoms with E-state index < -0.39 is 0 Å². The molecule has 3 nitrogen and oxygen atoms in total. The molecule has 0 aromatic carbocycles. The number of aliphatic imine (C=N–C) groups is 1. The van der Waals surface area contributed by atoms with Crippen LogP contribution in [0.15, 0.2) is 16.1 Å². The van der Waals surface area contributed by atoms with Crippen molar-refractivity contribution in [2.24, 2.45) is 10.7 Å². The molecule has 0 fully saturated rings. The summed E-state index contributed by atoms with van der Waals surface area (Å²) >= 11 is 1.68. The molecule has 0 bridgehead atoms. The number of hydrogen-bond donors (Lipinski definition) is 1. The molecule has 0 amide bonds. The molecular formula is C6H11Cl2N3S. The summed E-state index contributed by atoms with van der Waals surface area (Å²) in [5, 5.41) is 3.21. The van der Waals surface area contributed by atoms with E-state index in [2.05, 4.69) is 15.3 Å². The van der Waals surface area contributed by atoms with Crippen LogP contribution in [0.5, 0.6) is 0 Å². The van der Waals surface area contributed by atoms with Crippen LogP contribution in [-0.4, -0.2) is 29.7 Å². The Morgan fingerprint density at radius 2 is 2.33 bits per heavy atom. The number of thioether (sulfide) groups is 1. The Kier molecular flexibility index (Phi) is 5.01. The maximum atomic E-state index is 5.51. The van der Waals surface area contributed by atoms with Gasteiger partial charge in [-0.15, -0.1) is 24.8 Å². The van der Waals surface area contributed by atoms with E-state index >= 15 is 0 Å². The summed E-state index contributed by atoms with van der Waals surface area (Å²) in [5.41, 5.74) is 6.72. The molecule has 2 heterocycles. The topological polar surface area (TPSA) is 41.6 Å². The number of amidine groups is 1. The van der Waals surface area contributed by atoms with Crippen LogP contribution in [-0.2, 0) is 0 Å². The van der Waals surface area contributed by atoms with Gasteiger partial charge in [0.25, 0.3) is 0 Å². The second-order valence-electron chi connectivity index (χ2n) is 2.25. The van der Waals surface area contributed by atoms with Crippen molar-refractivity contribution < 1.29 is 0 Å². The molecule has 2 N–H and O–H groups in total. The second-order valence-corrected chi connectivity index (χ2v) is 3.08. The van der Waals surface area contributed by atoms with Gasteiger partial charge in [0.1, 0.15) is 0 Å². The molecule has 0 radical (unpaired) electrons. The monoisotopic (exact) mass is 227 g/mol. The maximum absolute atomic E-state index is 5.51. The van der Waals surface area contributed by atoms with Gasteiger partial charge in [0.15, 0.2) is 5.17 Å². The number of nitrogens with zero attached hydrogens (tertiary/aromatic N) is 2. The highest BCUT2D eigenvalue weighted by Crippen LogP contribution is 2.27. The molecule has 2 rings (SSSR count). The zero-order chi connectivity index (χ0) is 6.97. The van der Waals surface area contributed by atoms with Crippen molar-refractivity contribution in [1.29, 1.82) is 0 Å². The van der Waals surface area contributed by atoms with Crippen LogP contribution in [0.3, 0.4) is 0 Å². The summed E-state index contributed by atoms with van der Waals surface area (Å²) in [5.74, 6) is 0. The third kappa shape index (κ3) is 1.88. The second kappa shape index (κ2) is 4.97. The number of nitrogens with two attached hydrogens (primary N) is 1. The Morgan fingerprint density at radius 1 is 1.58 bits per heavy atom. The first-order valence-corrected chi connectivity index (χ1v) is 4.17. The Morgan fingerprint density at radius 3 is 3.00 bits per heavy atom. The Hall–Kier alpha value is 0.1000. The van der Waals surface area contributed by atoms with Gasteiger partial charge >= 0.3 is 0 Å². The van der Waals surface area contributed by atoms with Gasteiger partial charge in [-0.1, -0.05) is 11.8 Å². The molecule has 0 spiro atoms. The molecule has 0 aromatic rings. The average molecular weight is 228 g/mol. The van der Waals surface area contributed by atoms with Gasteiger partial charge in [-0.05, 0) is 5.41 Å². The van der Waals surface area contributed by atoms with Crippen LogP contribution in [0.2, 0.25) is 0 Å². The van der Waals surface area contributed by atoms with E-state index in [4.69, 9.17) is 5.73 Å². The Balaban J connectivity index is 0.000000605. The fraction of sp³-hybridized carbons (Fsp3) is 0.500. The standard InChI is InChI=1S/C6H9N3S.2ClH/c7-3-5-4-10-6-8-1-2-9(5)6;;/h4H,1-3,7H2;2*1H. The summed E-state index contributed by atoms with van der Waals surface area (Å²) in [6.45, 7) is 2.58. The zero-order valence-corrected chi connectivity index (χ0v) is 8.84. The maximum Gasteiger partial charge on any atom is 0.168 e. The lowest BCUT2D eigenvalue weighted by atomic mass is 10.4. The minimum absolute atomic E-state index is 0. The molecule has 2 aliphatic heterocycles. The molecule has 0 unspecified atom stereocenters. The average Bonchev–Trinajstić information content (AvgIpc) is 2.44. The van der Waals surface area contributed by atoms with Crippen LogP contribution in [0.1, 0.15) is 0 Å².